The van der Waals surface area contributed by atoms with E-state index in [1.165, 1.54) is 15.8 Å². The zero-order chi connectivity index (χ0) is 22.0. The largest absolute Gasteiger partial charge is 0.491 e. The molecule has 164 valence electrons. The van der Waals surface area contributed by atoms with Crippen molar-refractivity contribution in [2.24, 2.45) is 5.92 Å². The molecule has 31 heavy (non-hydrogen) atoms. The summed E-state index contributed by atoms with van der Waals surface area (Å²) >= 11 is 1.73. The lowest BCUT2D eigenvalue weighted by Crippen LogP contribution is -2.42. The molecule has 1 fully saturated rings. The van der Waals surface area contributed by atoms with Gasteiger partial charge in [0.15, 0.2) is 5.13 Å². The average Bonchev–Trinajstić information content (AvgIpc) is 3.17. The van der Waals surface area contributed by atoms with Gasteiger partial charge in [0.2, 0.25) is 5.91 Å². The smallest absolute Gasteiger partial charge is 0.225 e. The van der Waals surface area contributed by atoms with Crippen molar-refractivity contribution in [3.8, 4) is 5.75 Å². The highest BCUT2D eigenvalue weighted by Crippen LogP contribution is 2.33. The first kappa shape index (κ1) is 21.6. The summed E-state index contributed by atoms with van der Waals surface area (Å²) in [5, 5.41) is 4.15. The molecule has 5 nitrogen and oxygen atoms in total. The molecular formula is C25H31N3O2S. The summed E-state index contributed by atoms with van der Waals surface area (Å²) in [6, 6.07) is 12.3. The first-order valence-corrected chi connectivity index (χ1v) is 11.9. The molecule has 1 aliphatic heterocycles. The number of aryl methyl sites for hydroxylation is 2. The van der Waals surface area contributed by atoms with Crippen molar-refractivity contribution >= 4 is 32.6 Å². The highest BCUT2D eigenvalue weighted by atomic mass is 32.1. The highest BCUT2D eigenvalue weighted by Gasteiger charge is 2.27. The van der Waals surface area contributed by atoms with Gasteiger partial charge in [-0.25, -0.2) is 4.98 Å². The predicted octanol–water partition coefficient (Wildman–Crippen LogP) is 5.23. The van der Waals surface area contributed by atoms with E-state index >= 15 is 0 Å². The second-order valence-corrected chi connectivity index (χ2v) is 9.75. The van der Waals surface area contributed by atoms with Gasteiger partial charge in [-0.1, -0.05) is 29.5 Å². The number of hydrogen-bond acceptors (Lipinski definition) is 5. The van der Waals surface area contributed by atoms with Crippen molar-refractivity contribution in [1.82, 2.24) is 10.3 Å². The predicted molar refractivity (Wildman–Crippen MR) is 128 cm³/mol. The van der Waals surface area contributed by atoms with Gasteiger partial charge in [0.05, 0.1) is 22.2 Å². The van der Waals surface area contributed by atoms with Crippen LogP contribution in [0.25, 0.3) is 10.2 Å². The number of amides is 1. The number of thiazole rings is 1. The van der Waals surface area contributed by atoms with Crippen LogP contribution in [0.5, 0.6) is 5.75 Å². The summed E-state index contributed by atoms with van der Waals surface area (Å²) in [6.07, 6.45) is 2.09. The normalized spacial score (nSPS) is 16.7. The first-order valence-electron chi connectivity index (χ1n) is 11.0. The molecule has 0 aliphatic carbocycles. The van der Waals surface area contributed by atoms with Crippen LogP contribution in [0.4, 0.5) is 5.13 Å². The van der Waals surface area contributed by atoms with E-state index in [4.69, 9.17) is 9.72 Å². The number of ether oxygens (including phenoxy) is 1. The van der Waals surface area contributed by atoms with Crippen LogP contribution in [0.1, 0.15) is 43.4 Å². The van der Waals surface area contributed by atoms with Gasteiger partial charge in [0, 0.05) is 19.6 Å². The van der Waals surface area contributed by atoms with Gasteiger partial charge < -0.3 is 15.0 Å². The van der Waals surface area contributed by atoms with E-state index in [9.17, 15) is 4.79 Å². The lowest BCUT2D eigenvalue weighted by atomic mass is 9.97. The SMILES string of the molecule is Cc1cc(C)c2nc(N3CCC[C@@H](C(=O)NCc4ccc(OC(C)C)cc4)C3)sc2c1. The van der Waals surface area contributed by atoms with E-state index in [0.717, 1.165) is 47.9 Å². The molecule has 0 spiro atoms. The maximum Gasteiger partial charge on any atom is 0.225 e. The third-order valence-electron chi connectivity index (χ3n) is 5.64. The minimum absolute atomic E-state index is 0.00728. The first-order chi connectivity index (χ1) is 14.9. The number of benzene rings is 2. The molecular weight excluding hydrogens is 406 g/mol. The molecule has 0 unspecified atom stereocenters. The molecule has 1 saturated heterocycles. The number of nitrogens with zero attached hydrogens (tertiary/aromatic N) is 2. The van der Waals surface area contributed by atoms with Crippen LogP contribution in [-0.2, 0) is 11.3 Å². The van der Waals surface area contributed by atoms with Gasteiger partial charge in [-0.15, -0.1) is 0 Å². The van der Waals surface area contributed by atoms with Crippen LogP contribution in [-0.4, -0.2) is 30.1 Å². The Hall–Kier alpha value is -2.60. The van der Waals surface area contributed by atoms with E-state index < -0.39 is 0 Å². The minimum Gasteiger partial charge on any atom is -0.491 e. The fraction of sp³-hybridized carbons (Fsp3) is 0.440. The lowest BCUT2D eigenvalue weighted by molar-refractivity contribution is -0.125. The topological polar surface area (TPSA) is 54.5 Å². The van der Waals surface area contributed by atoms with E-state index in [0.29, 0.717) is 6.54 Å². The zero-order valence-electron chi connectivity index (χ0n) is 18.8. The standard InChI is InChI=1S/C25H31N3O2S/c1-16(2)30-21-9-7-19(8-10-21)14-26-24(29)20-6-5-11-28(15-20)25-27-23-18(4)12-17(3)13-22(23)31-25/h7-10,12-13,16,20H,5-6,11,14-15H2,1-4H3,(H,26,29)/t20-/m1/s1. The summed E-state index contributed by atoms with van der Waals surface area (Å²) < 4.78 is 6.91. The molecule has 2 aromatic carbocycles. The number of carbonyl (C=O) groups excluding carboxylic acids is 1. The van der Waals surface area contributed by atoms with Crippen molar-refractivity contribution in [2.75, 3.05) is 18.0 Å². The number of anilines is 1. The molecule has 1 aliphatic rings. The van der Waals surface area contributed by atoms with Gasteiger partial charge in [0.1, 0.15) is 5.75 Å². The van der Waals surface area contributed by atoms with Crippen molar-refractivity contribution < 1.29 is 9.53 Å². The van der Waals surface area contributed by atoms with Gasteiger partial charge in [0.25, 0.3) is 0 Å². The van der Waals surface area contributed by atoms with E-state index in [-0.39, 0.29) is 17.9 Å². The van der Waals surface area contributed by atoms with E-state index in [1.54, 1.807) is 11.3 Å². The molecule has 6 heteroatoms. The number of rotatable bonds is 6. The summed E-state index contributed by atoms with van der Waals surface area (Å²) in [5.74, 6) is 0.974. The molecule has 0 radical (unpaired) electrons. The number of carbonyl (C=O) groups is 1. The van der Waals surface area contributed by atoms with E-state index in [2.05, 4.69) is 36.2 Å². The third-order valence-corrected chi connectivity index (χ3v) is 6.71. The van der Waals surface area contributed by atoms with Gasteiger partial charge >= 0.3 is 0 Å². The number of piperidine rings is 1. The zero-order valence-corrected chi connectivity index (χ0v) is 19.6. The number of fused-ring (bicyclic) bond motifs is 1. The molecule has 1 aromatic heterocycles. The fourth-order valence-corrected chi connectivity index (χ4v) is 5.33. The Labute approximate surface area is 188 Å². The maximum absolute atomic E-state index is 12.9. The maximum atomic E-state index is 12.9. The van der Waals surface area contributed by atoms with Crippen LogP contribution in [0, 0.1) is 19.8 Å². The molecule has 1 amide bonds. The number of nitrogens with one attached hydrogen (secondary N) is 1. The Bertz CT molecular complexity index is 1060. The van der Waals surface area contributed by atoms with Crippen molar-refractivity contribution in [3.05, 3.63) is 53.1 Å². The summed E-state index contributed by atoms with van der Waals surface area (Å²) in [4.78, 5) is 20.0. The Kier molecular flexibility index (Phi) is 6.46. The van der Waals surface area contributed by atoms with Crippen LogP contribution in [0.2, 0.25) is 0 Å². The molecule has 3 aromatic rings. The van der Waals surface area contributed by atoms with E-state index in [1.807, 2.05) is 38.1 Å². The summed E-state index contributed by atoms with van der Waals surface area (Å²) in [6.45, 7) is 10.5. The van der Waals surface area contributed by atoms with Crippen LogP contribution in [0.3, 0.4) is 0 Å². The molecule has 0 saturated carbocycles. The van der Waals surface area contributed by atoms with Gasteiger partial charge in [-0.2, -0.15) is 0 Å². The van der Waals surface area contributed by atoms with Crippen molar-refractivity contribution in [3.63, 3.8) is 0 Å². The fourth-order valence-electron chi connectivity index (χ4n) is 4.15. The summed E-state index contributed by atoms with van der Waals surface area (Å²) in [5.41, 5.74) is 4.64. The molecule has 1 N–H and O–H groups in total. The highest BCUT2D eigenvalue weighted by molar-refractivity contribution is 7.22. The van der Waals surface area contributed by atoms with Gasteiger partial charge in [-0.05, 0) is 75.4 Å². The third kappa shape index (κ3) is 5.18. The number of hydrogen-bond donors (Lipinski definition) is 1. The average molecular weight is 438 g/mol. The van der Waals surface area contributed by atoms with Crippen molar-refractivity contribution in [2.45, 2.75) is 53.2 Å². The lowest BCUT2D eigenvalue weighted by Gasteiger charge is -2.31. The monoisotopic (exact) mass is 437 g/mol. The Morgan fingerprint density at radius 3 is 2.77 bits per heavy atom. The molecule has 0 bridgehead atoms. The summed E-state index contributed by atoms with van der Waals surface area (Å²) in [7, 11) is 0. The molecule has 2 heterocycles. The Morgan fingerprint density at radius 2 is 2.03 bits per heavy atom. The number of aromatic nitrogens is 1. The van der Waals surface area contributed by atoms with Gasteiger partial charge in [-0.3, -0.25) is 4.79 Å². The van der Waals surface area contributed by atoms with Crippen molar-refractivity contribution in [1.29, 1.82) is 0 Å². The second-order valence-electron chi connectivity index (χ2n) is 8.74. The Morgan fingerprint density at radius 1 is 1.26 bits per heavy atom. The van der Waals surface area contributed by atoms with Crippen LogP contribution < -0.4 is 15.0 Å². The quantitative estimate of drug-likeness (QED) is 0.573. The second kappa shape index (κ2) is 9.27. The van der Waals surface area contributed by atoms with Crippen LogP contribution >= 0.6 is 11.3 Å². The minimum atomic E-state index is -0.00728. The molecule has 1 atom stereocenters. The Balaban J connectivity index is 1.37. The van der Waals surface area contributed by atoms with Crippen LogP contribution in [0.15, 0.2) is 36.4 Å². The molecule has 4 rings (SSSR count).